The Morgan fingerprint density at radius 2 is 2.06 bits per heavy atom. The van der Waals surface area contributed by atoms with Crippen LogP contribution in [0.4, 0.5) is 11.4 Å². The second-order valence-corrected chi connectivity index (χ2v) is 4.70. The van der Waals surface area contributed by atoms with Gasteiger partial charge in [0, 0.05) is 38.0 Å². The fourth-order valence-corrected chi connectivity index (χ4v) is 2.58. The highest BCUT2D eigenvalue weighted by molar-refractivity contribution is 5.78. The first-order valence-corrected chi connectivity index (χ1v) is 6.14. The fraction of sp³-hybridized carbons (Fsp3) is 0.538. The van der Waals surface area contributed by atoms with Gasteiger partial charge in [0.1, 0.15) is 13.2 Å². The van der Waals surface area contributed by atoms with Crippen molar-refractivity contribution in [3.63, 3.8) is 0 Å². The minimum absolute atomic E-state index is 0.638. The maximum absolute atomic E-state index is 5.79. The highest BCUT2D eigenvalue weighted by Crippen LogP contribution is 2.46. The summed E-state index contributed by atoms with van der Waals surface area (Å²) in [5.41, 5.74) is 3.72. The van der Waals surface area contributed by atoms with Gasteiger partial charge in [-0.2, -0.15) is 0 Å². The van der Waals surface area contributed by atoms with Crippen molar-refractivity contribution in [1.82, 2.24) is 0 Å². The van der Waals surface area contributed by atoms with Crippen LogP contribution >= 0.6 is 0 Å². The number of nitrogens with zero attached hydrogens (tertiary/aromatic N) is 1. The van der Waals surface area contributed by atoms with E-state index in [4.69, 9.17) is 9.47 Å². The SMILES string of the molecule is CN(C)c1c2c(cc3c1OCCO3)NCCC2. The van der Waals surface area contributed by atoms with Gasteiger partial charge in [-0.05, 0) is 12.8 Å². The van der Waals surface area contributed by atoms with E-state index < -0.39 is 0 Å². The van der Waals surface area contributed by atoms with Gasteiger partial charge in [-0.3, -0.25) is 0 Å². The maximum Gasteiger partial charge on any atom is 0.185 e. The Morgan fingerprint density at radius 3 is 2.88 bits per heavy atom. The van der Waals surface area contributed by atoms with E-state index in [0.29, 0.717) is 13.2 Å². The molecule has 0 unspecified atom stereocenters. The van der Waals surface area contributed by atoms with Crippen molar-refractivity contribution in [2.24, 2.45) is 0 Å². The van der Waals surface area contributed by atoms with Crippen LogP contribution in [0.15, 0.2) is 6.07 Å². The molecule has 17 heavy (non-hydrogen) atoms. The molecule has 0 aliphatic carbocycles. The number of rotatable bonds is 1. The van der Waals surface area contributed by atoms with Gasteiger partial charge in [0.25, 0.3) is 0 Å². The van der Waals surface area contributed by atoms with Crippen LogP contribution in [-0.2, 0) is 6.42 Å². The molecular weight excluding hydrogens is 216 g/mol. The number of hydrogen-bond acceptors (Lipinski definition) is 4. The van der Waals surface area contributed by atoms with Crippen molar-refractivity contribution < 1.29 is 9.47 Å². The minimum Gasteiger partial charge on any atom is -0.486 e. The number of nitrogens with one attached hydrogen (secondary N) is 1. The summed E-state index contributed by atoms with van der Waals surface area (Å²) in [5.74, 6) is 1.77. The standard InChI is InChI=1S/C13H18N2O2/c1-15(2)12-9-4-3-5-14-10(9)8-11-13(12)17-7-6-16-11/h8,14H,3-7H2,1-2H3. The molecule has 0 amide bonds. The molecule has 92 valence electrons. The van der Waals surface area contributed by atoms with Gasteiger partial charge in [0.2, 0.25) is 0 Å². The van der Waals surface area contributed by atoms with Crippen molar-refractivity contribution >= 4 is 11.4 Å². The number of hydrogen-bond donors (Lipinski definition) is 1. The molecular formula is C13H18N2O2. The topological polar surface area (TPSA) is 33.7 Å². The normalized spacial score (nSPS) is 17.1. The van der Waals surface area contributed by atoms with Gasteiger partial charge in [-0.25, -0.2) is 0 Å². The van der Waals surface area contributed by atoms with Crippen molar-refractivity contribution in [3.05, 3.63) is 11.6 Å². The monoisotopic (exact) mass is 234 g/mol. The van der Waals surface area contributed by atoms with E-state index in [-0.39, 0.29) is 0 Å². The summed E-state index contributed by atoms with van der Waals surface area (Å²) in [6, 6.07) is 2.08. The highest BCUT2D eigenvalue weighted by atomic mass is 16.6. The zero-order valence-electron chi connectivity index (χ0n) is 10.4. The summed E-state index contributed by atoms with van der Waals surface area (Å²) in [6.45, 7) is 2.32. The Hall–Kier alpha value is -1.58. The van der Waals surface area contributed by atoms with Crippen LogP contribution in [0.3, 0.4) is 0 Å². The predicted molar refractivity (Wildman–Crippen MR) is 68.6 cm³/mol. The van der Waals surface area contributed by atoms with Crippen LogP contribution in [0.1, 0.15) is 12.0 Å². The second-order valence-electron chi connectivity index (χ2n) is 4.70. The molecule has 2 heterocycles. The average molecular weight is 234 g/mol. The van der Waals surface area contributed by atoms with E-state index in [9.17, 15) is 0 Å². The highest BCUT2D eigenvalue weighted by Gasteiger charge is 2.25. The van der Waals surface area contributed by atoms with E-state index in [1.54, 1.807) is 0 Å². The lowest BCUT2D eigenvalue weighted by atomic mass is 9.99. The van der Waals surface area contributed by atoms with E-state index in [2.05, 4.69) is 30.4 Å². The molecule has 0 atom stereocenters. The fourth-order valence-electron chi connectivity index (χ4n) is 2.58. The van der Waals surface area contributed by atoms with Crippen LogP contribution in [0.2, 0.25) is 0 Å². The van der Waals surface area contributed by atoms with Gasteiger partial charge in [0.15, 0.2) is 11.5 Å². The van der Waals surface area contributed by atoms with Crippen LogP contribution in [-0.4, -0.2) is 33.9 Å². The lowest BCUT2D eigenvalue weighted by Gasteiger charge is -2.30. The number of benzene rings is 1. The molecule has 0 aromatic heterocycles. The zero-order valence-corrected chi connectivity index (χ0v) is 10.4. The Balaban J connectivity index is 2.19. The molecule has 4 nitrogen and oxygen atoms in total. The molecule has 3 rings (SSSR count). The summed E-state index contributed by atoms with van der Waals surface area (Å²) >= 11 is 0. The first-order chi connectivity index (χ1) is 8.27. The number of ether oxygens (including phenoxy) is 2. The molecule has 0 saturated heterocycles. The summed E-state index contributed by atoms with van der Waals surface area (Å²) in [6.07, 6.45) is 2.28. The molecule has 1 aromatic carbocycles. The molecule has 1 aromatic rings. The maximum atomic E-state index is 5.79. The zero-order chi connectivity index (χ0) is 11.8. The molecule has 0 spiro atoms. The number of fused-ring (bicyclic) bond motifs is 2. The molecule has 0 saturated carbocycles. The largest absolute Gasteiger partial charge is 0.486 e. The van der Waals surface area contributed by atoms with Crippen LogP contribution in [0.25, 0.3) is 0 Å². The Labute approximate surface area is 102 Å². The summed E-state index contributed by atoms with van der Waals surface area (Å²) < 4.78 is 11.5. The van der Waals surface area contributed by atoms with Crippen LogP contribution < -0.4 is 19.7 Å². The predicted octanol–water partition coefficient (Wildman–Crippen LogP) is 1.88. The van der Waals surface area contributed by atoms with Crippen LogP contribution in [0.5, 0.6) is 11.5 Å². The third-order valence-corrected chi connectivity index (χ3v) is 3.28. The van der Waals surface area contributed by atoms with Crippen molar-refractivity contribution in [2.45, 2.75) is 12.8 Å². The van der Waals surface area contributed by atoms with E-state index in [1.807, 2.05) is 0 Å². The first kappa shape index (κ1) is 10.6. The lowest BCUT2D eigenvalue weighted by Crippen LogP contribution is -2.23. The summed E-state index contributed by atoms with van der Waals surface area (Å²) in [7, 11) is 4.12. The van der Waals surface area contributed by atoms with Gasteiger partial charge >= 0.3 is 0 Å². The summed E-state index contributed by atoms with van der Waals surface area (Å²) in [5, 5.41) is 3.45. The summed E-state index contributed by atoms with van der Waals surface area (Å²) in [4.78, 5) is 2.12. The Morgan fingerprint density at radius 1 is 1.24 bits per heavy atom. The van der Waals surface area contributed by atoms with Crippen molar-refractivity contribution in [3.8, 4) is 11.5 Å². The smallest absolute Gasteiger partial charge is 0.185 e. The molecule has 0 bridgehead atoms. The quantitative estimate of drug-likeness (QED) is 0.804. The second kappa shape index (κ2) is 4.02. The molecule has 2 aliphatic rings. The molecule has 1 N–H and O–H groups in total. The first-order valence-electron chi connectivity index (χ1n) is 6.14. The molecule has 2 aliphatic heterocycles. The molecule has 4 heteroatoms. The average Bonchev–Trinajstić information content (AvgIpc) is 2.35. The van der Waals surface area contributed by atoms with Gasteiger partial charge < -0.3 is 19.7 Å². The van der Waals surface area contributed by atoms with Gasteiger partial charge in [-0.1, -0.05) is 0 Å². The van der Waals surface area contributed by atoms with Crippen LogP contribution in [0, 0.1) is 0 Å². The third-order valence-electron chi connectivity index (χ3n) is 3.28. The van der Waals surface area contributed by atoms with E-state index >= 15 is 0 Å². The van der Waals surface area contributed by atoms with E-state index in [1.165, 1.54) is 23.4 Å². The lowest BCUT2D eigenvalue weighted by molar-refractivity contribution is 0.172. The van der Waals surface area contributed by atoms with Crippen molar-refractivity contribution in [1.29, 1.82) is 0 Å². The minimum atomic E-state index is 0.638. The van der Waals surface area contributed by atoms with Crippen molar-refractivity contribution in [2.75, 3.05) is 44.1 Å². The number of anilines is 2. The Bertz CT molecular complexity index is 409. The molecule has 0 radical (unpaired) electrons. The Kier molecular flexibility index (Phi) is 2.50. The molecule has 0 fully saturated rings. The van der Waals surface area contributed by atoms with Gasteiger partial charge in [-0.15, -0.1) is 0 Å². The van der Waals surface area contributed by atoms with E-state index in [0.717, 1.165) is 24.5 Å². The third kappa shape index (κ3) is 1.68. The van der Waals surface area contributed by atoms with Gasteiger partial charge in [0.05, 0.1) is 5.69 Å².